The van der Waals surface area contributed by atoms with E-state index in [1.807, 2.05) is 76.2 Å². The van der Waals surface area contributed by atoms with Crippen LogP contribution in [-0.4, -0.2) is 42.0 Å². The molecule has 6 heteroatoms. The van der Waals surface area contributed by atoms with Crippen molar-refractivity contribution in [1.82, 2.24) is 10.2 Å². The zero-order valence-electron chi connectivity index (χ0n) is 21.0. The summed E-state index contributed by atoms with van der Waals surface area (Å²) in [5, 5.41) is 3.01. The Kier molecular flexibility index (Phi) is 9.32. The molecule has 0 aliphatic heterocycles. The Hall–Kier alpha value is -3.02. The number of hydrogen-bond acceptors (Lipinski definition) is 4. The Balaban J connectivity index is 2.21. The molecule has 0 saturated heterocycles. The van der Waals surface area contributed by atoms with E-state index >= 15 is 0 Å². The van der Waals surface area contributed by atoms with Crippen LogP contribution in [0.5, 0.6) is 11.5 Å². The zero-order valence-corrected chi connectivity index (χ0v) is 21.0. The van der Waals surface area contributed by atoms with Gasteiger partial charge in [0, 0.05) is 12.1 Å². The normalized spacial score (nSPS) is 12.2. The van der Waals surface area contributed by atoms with Crippen LogP contribution in [0.4, 0.5) is 0 Å². The maximum Gasteiger partial charge on any atom is 0.261 e. The molecule has 0 radical (unpaired) electrons. The Morgan fingerprint density at radius 2 is 1.55 bits per heavy atom. The number of nitrogens with one attached hydrogen (secondary N) is 1. The van der Waals surface area contributed by atoms with Crippen LogP contribution in [0.3, 0.4) is 0 Å². The Morgan fingerprint density at radius 3 is 2.03 bits per heavy atom. The van der Waals surface area contributed by atoms with Gasteiger partial charge in [0.15, 0.2) is 6.61 Å². The van der Waals surface area contributed by atoms with Crippen molar-refractivity contribution in [2.75, 3.05) is 13.7 Å². The first-order chi connectivity index (χ1) is 15.5. The Labute approximate surface area is 198 Å². The Bertz CT molecular complexity index is 899. The fourth-order valence-electron chi connectivity index (χ4n) is 3.48. The number of ether oxygens (including phenoxy) is 2. The van der Waals surface area contributed by atoms with Crippen LogP contribution in [0, 0.1) is 0 Å². The monoisotopic (exact) mass is 454 g/mol. The zero-order chi connectivity index (χ0) is 24.6. The van der Waals surface area contributed by atoms with Gasteiger partial charge in [-0.05, 0) is 68.5 Å². The van der Waals surface area contributed by atoms with Crippen molar-refractivity contribution < 1.29 is 19.1 Å². The van der Waals surface area contributed by atoms with Crippen molar-refractivity contribution in [1.29, 1.82) is 0 Å². The third kappa shape index (κ3) is 8.12. The fraction of sp³-hybridized carbons (Fsp3) is 0.481. The van der Waals surface area contributed by atoms with Gasteiger partial charge in [-0.1, -0.05) is 45.0 Å². The second kappa shape index (κ2) is 11.7. The molecule has 1 atom stereocenters. The number of rotatable bonds is 10. The van der Waals surface area contributed by atoms with Gasteiger partial charge in [0.05, 0.1) is 7.11 Å². The van der Waals surface area contributed by atoms with Gasteiger partial charge < -0.3 is 19.7 Å². The average Bonchev–Trinajstić information content (AvgIpc) is 2.76. The van der Waals surface area contributed by atoms with Gasteiger partial charge in [0.1, 0.15) is 17.5 Å². The van der Waals surface area contributed by atoms with Crippen LogP contribution in [-0.2, 0) is 16.1 Å². The summed E-state index contributed by atoms with van der Waals surface area (Å²) >= 11 is 0. The molecule has 33 heavy (non-hydrogen) atoms. The van der Waals surface area contributed by atoms with Crippen molar-refractivity contribution in [3.8, 4) is 11.5 Å². The molecule has 0 aliphatic rings. The van der Waals surface area contributed by atoms with Crippen molar-refractivity contribution >= 4 is 11.8 Å². The first-order valence-corrected chi connectivity index (χ1v) is 11.5. The van der Waals surface area contributed by atoms with Crippen molar-refractivity contribution in [2.24, 2.45) is 0 Å². The molecule has 0 bridgehead atoms. The van der Waals surface area contributed by atoms with Gasteiger partial charge >= 0.3 is 0 Å². The molecule has 0 aliphatic carbocycles. The van der Waals surface area contributed by atoms with E-state index in [1.54, 1.807) is 12.0 Å². The second-order valence-corrected chi connectivity index (χ2v) is 9.55. The van der Waals surface area contributed by atoms with Gasteiger partial charge in [-0.25, -0.2) is 0 Å². The fourth-order valence-corrected chi connectivity index (χ4v) is 3.48. The molecule has 1 N–H and O–H groups in total. The van der Waals surface area contributed by atoms with Gasteiger partial charge in [-0.2, -0.15) is 0 Å². The Morgan fingerprint density at radius 1 is 0.970 bits per heavy atom. The summed E-state index contributed by atoms with van der Waals surface area (Å²) < 4.78 is 11.0. The highest BCUT2D eigenvalue weighted by molar-refractivity contribution is 5.88. The van der Waals surface area contributed by atoms with Crippen molar-refractivity contribution in [2.45, 2.75) is 72.0 Å². The molecule has 180 valence electrons. The molecule has 0 unspecified atom stereocenters. The molecule has 2 aromatic rings. The van der Waals surface area contributed by atoms with E-state index in [0.717, 1.165) is 11.3 Å². The third-order valence-corrected chi connectivity index (χ3v) is 5.31. The molecule has 2 aromatic carbocycles. The van der Waals surface area contributed by atoms with Crippen LogP contribution in [0.1, 0.15) is 65.0 Å². The largest absolute Gasteiger partial charge is 0.497 e. The quantitative estimate of drug-likeness (QED) is 0.553. The van der Waals surface area contributed by atoms with E-state index < -0.39 is 11.6 Å². The minimum Gasteiger partial charge on any atom is -0.497 e. The molecule has 2 rings (SSSR count). The predicted molar refractivity (Wildman–Crippen MR) is 132 cm³/mol. The molecule has 0 aromatic heterocycles. The number of carbonyl (C=O) groups is 2. The van der Waals surface area contributed by atoms with Crippen molar-refractivity contribution in [3.63, 3.8) is 0 Å². The highest BCUT2D eigenvalue weighted by Gasteiger charge is 2.30. The number of carbonyl (C=O) groups excluding carboxylic acids is 2. The SMILES string of the molecule is CC[C@H](C(=O)NC(C)(C)C)N(Cc1ccc(OC)cc1)C(=O)COc1ccc(C(C)C)cc1. The second-order valence-electron chi connectivity index (χ2n) is 9.55. The lowest BCUT2D eigenvalue weighted by atomic mass is 10.0. The minimum atomic E-state index is -0.606. The minimum absolute atomic E-state index is 0.142. The van der Waals surface area contributed by atoms with Gasteiger partial charge in [-0.15, -0.1) is 0 Å². The summed E-state index contributed by atoms with van der Waals surface area (Å²) in [6.45, 7) is 12.1. The first-order valence-electron chi connectivity index (χ1n) is 11.5. The number of nitrogens with zero attached hydrogens (tertiary/aromatic N) is 1. The van der Waals surface area contributed by atoms with Crippen LogP contribution < -0.4 is 14.8 Å². The van der Waals surface area contributed by atoms with Crippen LogP contribution >= 0.6 is 0 Å². The molecule has 0 fully saturated rings. The lowest BCUT2D eigenvalue weighted by molar-refractivity contribution is -0.143. The molecular weight excluding hydrogens is 416 g/mol. The van der Waals surface area contributed by atoms with Crippen LogP contribution in [0.2, 0.25) is 0 Å². The van der Waals surface area contributed by atoms with Crippen molar-refractivity contribution in [3.05, 3.63) is 59.7 Å². The highest BCUT2D eigenvalue weighted by atomic mass is 16.5. The number of amides is 2. The number of hydrogen-bond donors (Lipinski definition) is 1. The molecule has 2 amide bonds. The number of methoxy groups -OCH3 is 1. The molecule has 0 saturated carbocycles. The summed E-state index contributed by atoms with van der Waals surface area (Å²) in [6.07, 6.45) is 0.493. The predicted octanol–water partition coefficient (Wildman–Crippen LogP) is 4.92. The molecule has 0 spiro atoms. The molecule has 6 nitrogen and oxygen atoms in total. The van der Waals surface area contributed by atoms with E-state index in [4.69, 9.17) is 9.47 Å². The summed E-state index contributed by atoms with van der Waals surface area (Å²) in [5.41, 5.74) is 1.72. The smallest absolute Gasteiger partial charge is 0.261 e. The summed E-state index contributed by atoms with van der Waals surface area (Å²) in [5.74, 6) is 1.38. The van der Waals surface area contributed by atoms with Gasteiger partial charge in [-0.3, -0.25) is 9.59 Å². The molecule has 0 heterocycles. The lowest BCUT2D eigenvalue weighted by Gasteiger charge is -2.33. The van der Waals surface area contributed by atoms with Gasteiger partial charge in [0.2, 0.25) is 5.91 Å². The average molecular weight is 455 g/mol. The van der Waals surface area contributed by atoms with E-state index in [9.17, 15) is 9.59 Å². The van der Waals surface area contributed by atoms with E-state index in [2.05, 4.69) is 19.2 Å². The number of benzene rings is 2. The van der Waals surface area contributed by atoms with Gasteiger partial charge in [0.25, 0.3) is 5.91 Å². The first kappa shape index (κ1) is 26.2. The maximum atomic E-state index is 13.3. The summed E-state index contributed by atoms with van der Waals surface area (Å²) in [4.78, 5) is 27.9. The van der Waals surface area contributed by atoms with E-state index in [-0.39, 0.29) is 18.4 Å². The standard InChI is InChI=1S/C27H38N2O4/c1-8-24(26(31)28-27(4,5)6)29(17-20-9-13-22(32-7)14-10-20)25(30)18-33-23-15-11-21(12-16-23)19(2)3/h9-16,19,24H,8,17-18H2,1-7H3,(H,28,31)/t24-/m1/s1. The highest BCUT2D eigenvalue weighted by Crippen LogP contribution is 2.20. The van der Waals surface area contributed by atoms with Crippen LogP contribution in [0.25, 0.3) is 0 Å². The summed E-state index contributed by atoms with van der Waals surface area (Å²) in [7, 11) is 1.61. The molecular formula is C27H38N2O4. The topological polar surface area (TPSA) is 67.9 Å². The third-order valence-electron chi connectivity index (χ3n) is 5.31. The lowest BCUT2D eigenvalue weighted by Crippen LogP contribution is -2.54. The van der Waals surface area contributed by atoms with E-state index in [0.29, 0.717) is 24.6 Å². The van der Waals surface area contributed by atoms with Crippen LogP contribution in [0.15, 0.2) is 48.5 Å². The summed E-state index contributed by atoms with van der Waals surface area (Å²) in [6, 6.07) is 14.7. The van der Waals surface area contributed by atoms with E-state index in [1.165, 1.54) is 5.56 Å². The maximum absolute atomic E-state index is 13.3.